The van der Waals surface area contributed by atoms with Gasteiger partial charge in [-0.15, -0.1) is 0 Å². The SMILES string of the molecule is O=C(Nc1nc2ccc(Cl)cc2[nH]1)c1cccc([N+](=O)[O-])c1. The van der Waals surface area contributed by atoms with Crippen molar-refractivity contribution in [3.63, 3.8) is 0 Å². The standard InChI is InChI=1S/C14H9ClN4O3/c15-9-4-5-11-12(7-9)17-14(16-11)18-13(20)8-2-1-3-10(6-8)19(21)22/h1-7H,(H2,16,17,18,20). The number of carbonyl (C=O) groups is 1. The van der Waals surface area contributed by atoms with Gasteiger partial charge in [0.25, 0.3) is 11.6 Å². The van der Waals surface area contributed by atoms with Gasteiger partial charge in [-0.05, 0) is 24.3 Å². The third-order valence-electron chi connectivity index (χ3n) is 3.00. The number of anilines is 1. The monoisotopic (exact) mass is 316 g/mol. The van der Waals surface area contributed by atoms with Crippen molar-refractivity contribution in [1.29, 1.82) is 0 Å². The zero-order valence-corrected chi connectivity index (χ0v) is 11.8. The van der Waals surface area contributed by atoms with Gasteiger partial charge in [0.2, 0.25) is 5.95 Å². The Morgan fingerprint density at radius 2 is 2.09 bits per heavy atom. The van der Waals surface area contributed by atoms with E-state index in [1.165, 1.54) is 24.3 Å². The number of nitro groups is 1. The molecule has 0 unspecified atom stereocenters. The quantitative estimate of drug-likeness (QED) is 0.571. The lowest BCUT2D eigenvalue weighted by Crippen LogP contribution is -2.13. The highest BCUT2D eigenvalue weighted by Gasteiger charge is 2.13. The molecule has 22 heavy (non-hydrogen) atoms. The van der Waals surface area contributed by atoms with Gasteiger partial charge in [-0.25, -0.2) is 4.98 Å². The van der Waals surface area contributed by atoms with E-state index in [1.807, 2.05) is 0 Å². The Hall–Kier alpha value is -2.93. The molecule has 0 saturated heterocycles. The Morgan fingerprint density at radius 1 is 1.27 bits per heavy atom. The van der Waals surface area contributed by atoms with Crippen molar-refractivity contribution in [3.05, 3.63) is 63.2 Å². The normalized spacial score (nSPS) is 10.6. The number of H-pyrrole nitrogens is 1. The first-order valence-electron chi connectivity index (χ1n) is 6.24. The Kier molecular flexibility index (Phi) is 3.48. The first-order valence-corrected chi connectivity index (χ1v) is 6.62. The summed E-state index contributed by atoms with van der Waals surface area (Å²) in [5.74, 6) is -0.248. The number of hydrogen-bond donors (Lipinski definition) is 2. The van der Waals surface area contributed by atoms with Gasteiger partial charge in [-0.3, -0.25) is 20.2 Å². The molecule has 0 fully saturated rings. The molecule has 0 aliphatic rings. The molecule has 2 N–H and O–H groups in total. The summed E-state index contributed by atoms with van der Waals surface area (Å²) in [6.07, 6.45) is 0. The predicted octanol–water partition coefficient (Wildman–Crippen LogP) is 3.38. The summed E-state index contributed by atoms with van der Waals surface area (Å²) in [4.78, 5) is 29.4. The molecule has 0 radical (unpaired) electrons. The third kappa shape index (κ3) is 2.75. The number of non-ortho nitro benzene ring substituents is 1. The van der Waals surface area contributed by atoms with Gasteiger partial charge in [0.1, 0.15) is 0 Å². The number of halogens is 1. The summed E-state index contributed by atoms with van der Waals surface area (Å²) in [5, 5.41) is 13.8. The van der Waals surface area contributed by atoms with Crippen LogP contribution in [-0.4, -0.2) is 20.8 Å². The molecule has 1 amide bonds. The van der Waals surface area contributed by atoms with E-state index in [0.717, 1.165) is 0 Å². The fraction of sp³-hybridized carbons (Fsp3) is 0. The summed E-state index contributed by atoms with van der Waals surface area (Å²) >= 11 is 5.88. The summed E-state index contributed by atoms with van der Waals surface area (Å²) < 4.78 is 0. The molecule has 110 valence electrons. The van der Waals surface area contributed by atoms with E-state index in [1.54, 1.807) is 18.2 Å². The van der Waals surface area contributed by atoms with Crippen molar-refractivity contribution in [2.24, 2.45) is 0 Å². The number of rotatable bonds is 3. The molecule has 0 atom stereocenters. The van der Waals surface area contributed by atoms with Gasteiger partial charge in [0.15, 0.2) is 0 Å². The lowest BCUT2D eigenvalue weighted by atomic mass is 10.2. The first-order chi connectivity index (χ1) is 10.5. The zero-order valence-electron chi connectivity index (χ0n) is 11.0. The summed E-state index contributed by atoms with van der Waals surface area (Å²) in [6, 6.07) is 10.6. The fourth-order valence-electron chi connectivity index (χ4n) is 1.98. The van der Waals surface area contributed by atoms with Crippen LogP contribution in [0.3, 0.4) is 0 Å². The first kappa shape index (κ1) is 14.0. The molecule has 0 spiro atoms. The molecule has 7 nitrogen and oxygen atoms in total. The minimum Gasteiger partial charge on any atom is -0.324 e. The zero-order chi connectivity index (χ0) is 15.7. The van der Waals surface area contributed by atoms with Crippen LogP contribution >= 0.6 is 11.6 Å². The molecule has 1 heterocycles. The molecule has 3 rings (SSSR count). The summed E-state index contributed by atoms with van der Waals surface area (Å²) in [5.41, 5.74) is 1.36. The average Bonchev–Trinajstić information content (AvgIpc) is 2.88. The molecule has 0 saturated carbocycles. The highest BCUT2D eigenvalue weighted by molar-refractivity contribution is 6.31. The maximum Gasteiger partial charge on any atom is 0.270 e. The number of imidazole rings is 1. The maximum atomic E-state index is 12.1. The maximum absolute atomic E-state index is 12.1. The van der Waals surface area contributed by atoms with Crippen molar-refractivity contribution in [1.82, 2.24) is 9.97 Å². The lowest BCUT2D eigenvalue weighted by molar-refractivity contribution is -0.384. The summed E-state index contributed by atoms with van der Waals surface area (Å²) in [7, 11) is 0. The smallest absolute Gasteiger partial charge is 0.270 e. The van der Waals surface area contributed by atoms with E-state index in [-0.39, 0.29) is 17.2 Å². The van der Waals surface area contributed by atoms with Crippen LogP contribution in [-0.2, 0) is 0 Å². The van der Waals surface area contributed by atoms with E-state index in [9.17, 15) is 14.9 Å². The highest BCUT2D eigenvalue weighted by atomic mass is 35.5. The number of amides is 1. The molecule has 2 aromatic carbocycles. The van der Waals surface area contributed by atoms with Gasteiger partial charge in [0.05, 0.1) is 16.0 Å². The van der Waals surface area contributed by atoms with Crippen LogP contribution in [0.2, 0.25) is 5.02 Å². The molecule has 3 aromatic rings. The van der Waals surface area contributed by atoms with Crippen molar-refractivity contribution in [3.8, 4) is 0 Å². The van der Waals surface area contributed by atoms with Crippen LogP contribution in [0.5, 0.6) is 0 Å². The van der Waals surface area contributed by atoms with Crippen LogP contribution in [0, 0.1) is 10.1 Å². The number of aromatic amines is 1. The minimum atomic E-state index is -0.556. The van der Waals surface area contributed by atoms with Crippen molar-refractivity contribution < 1.29 is 9.72 Å². The highest BCUT2D eigenvalue weighted by Crippen LogP contribution is 2.20. The van der Waals surface area contributed by atoms with E-state index in [2.05, 4.69) is 15.3 Å². The Bertz CT molecular complexity index is 891. The largest absolute Gasteiger partial charge is 0.324 e. The number of nitro benzene ring substituents is 1. The lowest BCUT2D eigenvalue weighted by Gasteiger charge is -2.01. The third-order valence-corrected chi connectivity index (χ3v) is 3.23. The number of fused-ring (bicyclic) bond motifs is 1. The number of nitrogens with one attached hydrogen (secondary N) is 2. The molecule has 1 aromatic heterocycles. The molecule has 0 aliphatic carbocycles. The van der Waals surface area contributed by atoms with Gasteiger partial charge >= 0.3 is 0 Å². The molecular weight excluding hydrogens is 308 g/mol. The predicted molar refractivity (Wildman–Crippen MR) is 82.2 cm³/mol. The summed E-state index contributed by atoms with van der Waals surface area (Å²) in [6.45, 7) is 0. The molecule has 0 bridgehead atoms. The van der Waals surface area contributed by atoms with E-state index in [0.29, 0.717) is 16.1 Å². The van der Waals surface area contributed by atoms with Crippen molar-refractivity contribution in [2.75, 3.05) is 5.32 Å². The second kappa shape index (κ2) is 5.45. The van der Waals surface area contributed by atoms with Gasteiger partial charge in [0, 0.05) is 22.7 Å². The van der Waals surface area contributed by atoms with Crippen LogP contribution in [0.4, 0.5) is 11.6 Å². The van der Waals surface area contributed by atoms with Crippen LogP contribution in [0.25, 0.3) is 11.0 Å². The molecule has 8 heteroatoms. The van der Waals surface area contributed by atoms with Gasteiger partial charge in [-0.2, -0.15) is 0 Å². The fourth-order valence-corrected chi connectivity index (χ4v) is 2.15. The van der Waals surface area contributed by atoms with Crippen LogP contribution in [0.15, 0.2) is 42.5 Å². The van der Waals surface area contributed by atoms with Crippen LogP contribution < -0.4 is 5.32 Å². The van der Waals surface area contributed by atoms with Crippen molar-refractivity contribution in [2.45, 2.75) is 0 Å². The Balaban J connectivity index is 1.86. The number of nitrogens with zero attached hydrogens (tertiary/aromatic N) is 2. The number of aromatic nitrogens is 2. The van der Waals surface area contributed by atoms with Crippen LogP contribution in [0.1, 0.15) is 10.4 Å². The van der Waals surface area contributed by atoms with Crippen molar-refractivity contribution >= 4 is 40.2 Å². The second-order valence-electron chi connectivity index (χ2n) is 4.51. The number of hydrogen-bond acceptors (Lipinski definition) is 4. The topological polar surface area (TPSA) is 101 Å². The Labute approximate surface area is 129 Å². The van der Waals surface area contributed by atoms with Gasteiger partial charge < -0.3 is 4.98 Å². The van der Waals surface area contributed by atoms with E-state index < -0.39 is 10.8 Å². The second-order valence-corrected chi connectivity index (χ2v) is 4.94. The number of benzene rings is 2. The molecule has 0 aliphatic heterocycles. The van der Waals surface area contributed by atoms with Gasteiger partial charge in [-0.1, -0.05) is 17.7 Å². The molecular formula is C14H9ClN4O3. The van der Waals surface area contributed by atoms with E-state index >= 15 is 0 Å². The minimum absolute atomic E-state index is 0.149. The average molecular weight is 317 g/mol. The number of carbonyl (C=O) groups excluding carboxylic acids is 1. The van der Waals surface area contributed by atoms with E-state index in [4.69, 9.17) is 11.6 Å². The Morgan fingerprint density at radius 3 is 2.86 bits per heavy atom.